The van der Waals surface area contributed by atoms with E-state index in [0.29, 0.717) is 11.5 Å². The van der Waals surface area contributed by atoms with Gasteiger partial charge in [0.25, 0.3) is 14.4 Å². The summed E-state index contributed by atoms with van der Waals surface area (Å²) >= 11 is 0. The van der Waals surface area contributed by atoms with Gasteiger partial charge in [0.05, 0.1) is 20.8 Å². The summed E-state index contributed by atoms with van der Waals surface area (Å²) in [5.74, 6) is 0.478. The molecule has 1 aromatic heterocycles. The summed E-state index contributed by atoms with van der Waals surface area (Å²) in [5.41, 5.74) is 7.03. The zero-order valence-electron chi connectivity index (χ0n) is 36.7. The first-order valence-electron chi connectivity index (χ1n) is 20.2. The van der Waals surface area contributed by atoms with Crippen LogP contribution in [0.3, 0.4) is 0 Å². The van der Waals surface area contributed by atoms with Gasteiger partial charge in [0.1, 0.15) is 48.3 Å². The molecule has 5 atom stereocenters. The predicted molar refractivity (Wildman–Crippen MR) is 234 cm³/mol. The Balaban J connectivity index is 1.71. The molecule has 14 nitrogen and oxygen atoms in total. The number of carbonyl (C=O) groups excluding carboxylic acids is 1. The quantitative estimate of drug-likeness (QED) is 0.0301. The fraction of sp³-hybridized carbons (Fsp3) is 0.500. The number of nitrogens with zero attached hydrogens (tertiary/aromatic N) is 5. The molecule has 3 aromatic carbocycles. The SMILES string of the molecule is [C-]#[N+]CCOP(OC1[C@@H](COC(c2ccccc2)(c2ccc(OC)cc2)c2ccc(OC)cc2)O[C@@H](n2cnc(C(N)=O)n2)[C@H]1O[Si](C)(C)C(C)(C)C)N(C(C)C)C(C)C. The molecule has 0 bridgehead atoms. The van der Waals surface area contributed by atoms with E-state index in [2.05, 4.69) is 81.2 Å². The Labute approximate surface area is 357 Å². The van der Waals surface area contributed by atoms with Gasteiger partial charge in [0, 0.05) is 12.1 Å². The van der Waals surface area contributed by atoms with Gasteiger partial charge in [-0.25, -0.2) is 20.9 Å². The van der Waals surface area contributed by atoms with Crippen LogP contribution in [0.25, 0.3) is 4.85 Å². The number of benzene rings is 3. The van der Waals surface area contributed by atoms with Crippen molar-refractivity contribution in [2.75, 3.05) is 34.0 Å². The van der Waals surface area contributed by atoms with E-state index in [1.54, 1.807) is 14.2 Å². The van der Waals surface area contributed by atoms with Gasteiger partial charge in [-0.2, -0.15) is 0 Å². The van der Waals surface area contributed by atoms with Gasteiger partial charge >= 0.3 is 0 Å². The Morgan fingerprint density at radius 3 is 1.93 bits per heavy atom. The first kappa shape index (κ1) is 46.8. The summed E-state index contributed by atoms with van der Waals surface area (Å²) in [5, 5.41) is 4.26. The summed E-state index contributed by atoms with van der Waals surface area (Å²) in [4.78, 5) is 20.1. The Hall–Kier alpha value is -4.23. The molecule has 16 heteroatoms. The van der Waals surface area contributed by atoms with Crippen molar-refractivity contribution in [3.63, 3.8) is 0 Å². The summed E-state index contributed by atoms with van der Waals surface area (Å²) < 4.78 is 50.3. The van der Waals surface area contributed by atoms with E-state index in [9.17, 15) is 4.79 Å². The number of hydrogen-bond donors (Lipinski definition) is 1. The molecule has 2 N–H and O–H groups in total. The van der Waals surface area contributed by atoms with Crippen LogP contribution in [-0.2, 0) is 28.5 Å². The van der Waals surface area contributed by atoms with Crippen molar-refractivity contribution >= 4 is 22.8 Å². The lowest BCUT2D eigenvalue weighted by atomic mass is 9.80. The van der Waals surface area contributed by atoms with Crippen LogP contribution < -0.4 is 15.2 Å². The first-order valence-corrected chi connectivity index (χ1v) is 24.2. The zero-order valence-corrected chi connectivity index (χ0v) is 38.6. The van der Waals surface area contributed by atoms with Gasteiger partial charge < -0.3 is 43.0 Å². The van der Waals surface area contributed by atoms with Crippen LogP contribution in [0, 0.1) is 6.57 Å². The topological polar surface area (TPSA) is 146 Å². The number of carbonyl (C=O) groups is 1. The number of nitrogens with two attached hydrogens (primary N) is 1. The number of aromatic nitrogens is 3. The van der Waals surface area contributed by atoms with Gasteiger partial charge in [0.2, 0.25) is 12.4 Å². The number of primary amides is 1. The summed E-state index contributed by atoms with van der Waals surface area (Å²) in [7, 11) is -1.09. The Kier molecular flexibility index (Phi) is 15.7. The van der Waals surface area contributed by atoms with Gasteiger partial charge in [0.15, 0.2) is 14.5 Å². The molecule has 60 heavy (non-hydrogen) atoms. The van der Waals surface area contributed by atoms with Crippen molar-refractivity contribution in [3.8, 4) is 11.5 Å². The van der Waals surface area contributed by atoms with E-state index < -0.39 is 52.9 Å². The highest BCUT2D eigenvalue weighted by atomic mass is 31.2. The highest BCUT2D eigenvalue weighted by Crippen LogP contribution is 2.52. The van der Waals surface area contributed by atoms with E-state index in [-0.39, 0.29) is 42.7 Å². The molecule has 0 aliphatic carbocycles. The van der Waals surface area contributed by atoms with Gasteiger partial charge in [-0.3, -0.25) is 4.79 Å². The smallest absolute Gasteiger partial charge is 0.288 e. The van der Waals surface area contributed by atoms with Crippen LogP contribution in [0.15, 0.2) is 85.2 Å². The normalized spacial score (nSPS) is 19.1. The van der Waals surface area contributed by atoms with Crippen molar-refractivity contribution < 1.29 is 37.2 Å². The van der Waals surface area contributed by atoms with E-state index in [4.69, 9.17) is 44.7 Å². The fourth-order valence-electron chi connectivity index (χ4n) is 7.01. The van der Waals surface area contributed by atoms with Crippen molar-refractivity contribution in [2.24, 2.45) is 5.73 Å². The van der Waals surface area contributed by atoms with Crippen LogP contribution in [0.5, 0.6) is 11.5 Å². The van der Waals surface area contributed by atoms with Crippen LogP contribution in [0.4, 0.5) is 0 Å². The lowest BCUT2D eigenvalue weighted by Crippen LogP contribution is -2.50. The maximum absolute atomic E-state index is 12.3. The summed E-state index contributed by atoms with van der Waals surface area (Å²) in [6, 6.07) is 25.7. The minimum atomic E-state index is -2.58. The Bertz CT molecular complexity index is 1970. The van der Waals surface area contributed by atoms with Crippen LogP contribution in [0.1, 0.15) is 82.0 Å². The molecule has 1 aliphatic heterocycles. The molecular weight excluding hydrogens is 800 g/mol. The number of amides is 1. The monoisotopic (exact) mass is 860 g/mol. The van der Waals surface area contributed by atoms with Gasteiger partial charge in [-0.1, -0.05) is 75.4 Å². The molecule has 324 valence electrons. The van der Waals surface area contributed by atoms with E-state index >= 15 is 0 Å². The molecule has 0 saturated carbocycles. The zero-order chi connectivity index (χ0) is 43.8. The fourth-order valence-corrected chi connectivity index (χ4v) is 10.1. The largest absolute Gasteiger partial charge is 0.497 e. The third kappa shape index (κ3) is 10.4. The molecule has 2 unspecified atom stereocenters. The third-order valence-corrected chi connectivity index (χ3v) is 17.6. The van der Waals surface area contributed by atoms with Crippen molar-refractivity contribution in [1.29, 1.82) is 0 Å². The standard InChI is InChI=1S/C44H61N6O8PSi/c1-30(2)50(31(3)4)59(55-27-26-46-8)57-38-37(56-42(49-29-47-41(48-49)40(45)51)39(38)58-60(11,12)43(5,6)7)28-54-44(32-16-14-13-15-17-32,33-18-22-35(52-9)23-19-33)34-20-24-36(53-10)25-21-34/h13-25,29-31,37-39,42H,26-28H2,1-7,9-12H3,(H2,45,51)/t37-,38?,39+,42-,59?/m1/s1. The Morgan fingerprint density at radius 1 is 0.917 bits per heavy atom. The van der Waals surface area contributed by atoms with Gasteiger partial charge in [-0.05, 0) is 86.8 Å². The molecule has 5 rings (SSSR count). The minimum Gasteiger partial charge on any atom is -0.497 e. The molecule has 1 fully saturated rings. The highest BCUT2D eigenvalue weighted by Gasteiger charge is 2.54. The molecule has 0 radical (unpaired) electrons. The average molecular weight is 861 g/mol. The molecule has 4 aromatic rings. The molecular formula is C44H61N6O8PSi. The van der Waals surface area contributed by atoms with Crippen LogP contribution >= 0.6 is 8.53 Å². The molecule has 1 saturated heterocycles. The van der Waals surface area contributed by atoms with Crippen molar-refractivity contribution in [1.82, 2.24) is 19.4 Å². The first-order chi connectivity index (χ1) is 28.5. The third-order valence-electron chi connectivity index (χ3n) is 11.0. The number of methoxy groups -OCH3 is 2. The lowest BCUT2D eigenvalue weighted by Gasteiger charge is -2.42. The van der Waals surface area contributed by atoms with Crippen molar-refractivity contribution in [2.45, 2.75) is 109 Å². The van der Waals surface area contributed by atoms with E-state index in [1.807, 2.05) is 78.9 Å². The predicted octanol–water partition coefficient (Wildman–Crippen LogP) is 8.36. The lowest BCUT2D eigenvalue weighted by molar-refractivity contribution is -0.0960. The van der Waals surface area contributed by atoms with Crippen molar-refractivity contribution in [3.05, 3.63) is 119 Å². The maximum atomic E-state index is 12.3. The molecule has 0 spiro atoms. The van der Waals surface area contributed by atoms with Gasteiger partial charge in [-0.15, -0.1) is 5.10 Å². The summed E-state index contributed by atoms with van der Waals surface area (Å²) in [6.07, 6.45) is -1.84. The number of ether oxygens (including phenoxy) is 4. The van der Waals surface area contributed by atoms with E-state index in [1.165, 1.54) is 11.0 Å². The second-order valence-corrected chi connectivity index (χ2v) is 22.9. The molecule has 1 aliphatic rings. The molecule has 2 heterocycles. The average Bonchev–Trinajstić information content (AvgIpc) is 3.83. The van der Waals surface area contributed by atoms with Crippen LogP contribution in [0.2, 0.25) is 18.1 Å². The second kappa shape index (κ2) is 20.1. The van der Waals surface area contributed by atoms with E-state index in [0.717, 1.165) is 16.7 Å². The summed E-state index contributed by atoms with van der Waals surface area (Å²) in [6.45, 7) is 27.0. The number of hydrogen-bond acceptors (Lipinski definition) is 11. The minimum absolute atomic E-state index is 0.00254. The van der Waals surface area contributed by atoms with Crippen LogP contribution in [-0.4, -0.2) is 98.0 Å². The second-order valence-electron chi connectivity index (χ2n) is 16.7. The molecule has 1 amide bonds. The highest BCUT2D eigenvalue weighted by molar-refractivity contribution is 7.44. The Morgan fingerprint density at radius 2 is 1.47 bits per heavy atom. The number of rotatable bonds is 20. The maximum Gasteiger partial charge on any atom is 0.288 e.